The zero-order valence-electron chi connectivity index (χ0n) is 16.7. The van der Waals surface area contributed by atoms with Gasteiger partial charge in [0.2, 0.25) is 11.8 Å². The number of pyridine rings is 1. The molecule has 0 radical (unpaired) electrons. The summed E-state index contributed by atoms with van der Waals surface area (Å²) in [5.41, 5.74) is 2.42. The maximum Gasteiger partial charge on any atom is 0.229 e. The molecule has 154 valence electrons. The minimum atomic E-state index is -0.385. The standard InChI is InChI=1S/C23H23N3O4/c1-30-20-7-4-16-10-18(13-24-21(16)12-20)25-23(29)17-11-22(28)26(14-17)9-8-15-2-5-19(27)6-3-15/h2-7,10,12-13,17,27H,8-9,11,14H2,1H3,(H,25,29). The SMILES string of the molecule is COc1ccc2cc(NC(=O)C3CC(=O)N(CCc4ccc(O)cc4)C3)cnc2c1. The highest BCUT2D eigenvalue weighted by Crippen LogP contribution is 2.24. The zero-order chi connectivity index (χ0) is 21.1. The van der Waals surface area contributed by atoms with E-state index in [4.69, 9.17) is 4.74 Å². The summed E-state index contributed by atoms with van der Waals surface area (Å²) in [6, 6.07) is 14.4. The molecule has 1 aliphatic heterocycles. The molecule has 7 heteroatoms. The van der Waals surface area contributed by atoms with Crippen LogP contribution in [0.3, 0.4) is 0 Å². The van der Waals surface area contributed by atoms with Crippen LogP contribution in [0.2, 0.25) is 0 Å². The molecule has 0 aliphatic carbocycles. The van der Waals surface area contributed by atoms with Gasteiger partial charge in [0, 0.05) is 31.0 Å². The average molecular weight is 405 g/mol. The second-order valence-corrected chi connectivity index (χ2v) is 7.43. The lowest BCUT2D eigenvalue weighted by Gasteiger charge is -2.16. The van der Waals surface area contributed by atoms with Crippen LogP contribution in [0, 0.1) is 5.92 Å². The van der Waals surface area contributed by atoms with Crippen molar-refractivity contribution >= 4 is 28.4 Å². The van der Waals surface area contributed by atoms with E-state index in [1.807, 2.05) is 36.4 Å². The number of hydrogen-bond acceptors (Lipinski definition) is 5. The van der Waals surface area contributed by atoms with Gasteiger partial charge in [0.1, 0.15) is 11.5 Å². The van der Waals surface area contributed by atoms with Gasteiger partial charge in [0.15, 0.2) is 0 Å². The summed E-state index contributed by atoms with van der Waals surface area (Å²) in [7, 11) is 1.60. The highest BCUT2D eigenvalue weighted by atomic mass is 16.5. The molecular formula is C23H23N3O4. The molecule has 0 spiro atoms. The van der Waals surface area contributed by atoms with E-state index in [1.54, 1.807) is 30.3 Å². The first kappa shape index (κ1) is 19.7. The van der Waals surface area contributed by atoms with E-state index in [-0.39, 0.29) is 29.9 Å². The number of methoxy groups -OCH3 is 1. The molecule has 1 aromatic heterocycles. The molecule has 1 atom stereocenters. The Morgan fingerprint density at radius 1 is 1.23 bits per heavy atom. The number of nitrogens with zero attached hydrogens (tertiary/aromatic N) is 2. The van der Waals surface area contributed by atoms with E-state index in [9.17, 15) is 14.7 Å². The Kier molecular flexibility index (Phi) is 5.52. The second kappa shape index (κ2) is 8.41. The van der Waals surface area contributed by atoms with Crippen LogP contribution in [0.5, 0.6) is 11.5 Å². The number of aromatic hydroxyl groups is 1. The van der Waals surface area contributed by atoms with Crippen molar-refractivity contribution < 1.29 is 19.4 Å². The van der Waals surface area contributed by atoms with Crippen LogP contribution in [-0.4, -0.2) is 47.0 Å². The third kappa shape index (κ3) is 4.35. The van der Waals surface area contributed by atoms with Crippen LogP contribution < -0.4 is 10.1 Å². The maximum atomic E-state index is 12.7. The summed E-state index contributed by atoms with van der Waals surface area (Å²) in [5, 5.41) is 13.1. The molecule has 1 fully saturated rings. The number of phenolic OH excluding ortho intramolecular Hbond substituents is 1. The van der Waals surface area contributed by atoms with Crippen molar-refractivity contribution in [3.05, 3.63) is 60.3 Å². The van der Waals surface area contributed by atoms with Gasteiger partial charge >= 0.3 is 0 Å². The molecule has 30 heavy (non-hydrogen) atoms. The molecule has 2 N–H and O–H groups in total. The van der Waals surface area contributed by atoms with Crippen LogP contribution in [0.25, 0.3) is 10.9 Å². The lowest BCUT2D eigenvalue weighted by Crippen LogP contribution is -2.30. The van der Waals surface area contributed by atoms with E-state index in [2.05, 4.69) is 10.3 Å². The third-order valence-electron chi connectivity index (χ3n) is 5.35. The smallest absolute Gasteiger partial charge is 0.229 e. The van der Waals surface area contributed by atoms with E-state index in [0.29, 0.717) is 25.2 Å². The van der Waals surface area contributed by atoms with Gasteiger partial charge in [-0.1, -0.05) is 12.1 Å². The number of hydrogen-bond donors (Lipinski definition) is 2. The number of aromatic nitrogens is 1. The van der Waals surface area contributed by atoms with Gasteiger partial charge in [-0.3, -0.25) is 14.6 Å². The Labute approximate surface area is 174 Å². The van der Waals surface area contributed by atoms with E-state index < -0.39 is 0 Å². The number of phenols is 1. The summed E-state index contributed by atoms with van der Waals surface area (Å²) in [6.07, 6.45) is 2.50. The Morgan fingerprint density at radius 3 is 2.80 bits per heavy atom. The fraction of sp³-hybridized carbons (Fsp3) is 0.261. The largest absolute Gasteiger partial charge is 0.508 e. The predicted molar refractivity (Wildman–Crippen MR) is 113 cm³/mol. The summed E-state index contributed by atoms with van der Waals surface area (Å²) in [5.74, 6) is 0.366. The molecule has 2 amide bonds. The number of anilines is 1. The van der Waals surface area contributed by atoms with E-state index in [1.165, 1.54) is 0 Å². The van der Waals surface area contributed by atoms with Crippen molar-refractivity contribution in [3.8, 4) is 11.5 Å². The van der Waals surface area contributed by atoms with Crippen LogP contribution >= 0.6 is 0 Å². The summed E-state index contributed by atoms with van der Waals surface area (Å²) < 4.78 is 5.20. The highest BCUT2D eigenvalue weighted by Gasteiger charge is 2.34. The first-order valence-corrected chi connectivity index (χ1v) is 9.82. The number of carbonyl (C=O) groups is 2. The Bertz CT molecular complexity index is 1080. The lowest BCUT2D eigenvalue weighted by atomic mass is 10.1. The number of rotatable bonds is 6. The molecule has 7 nitrogen and oxygen atoms in total. The predicted octanol–water partition coefficient (Wildman–Crippen LogP) is 2.98. The number of ether oxygens (including phenoxy) is 1. The van der Waals surface area contributed by atoms with E-state index in [0.717, 1.165) is 22.2 Å². The highest BCUT2D eigenvalue weighted by molar-refractivity contribution is 5.98. The summed E-state index contributed by atoms with van der Waals surface area (Å²) in [6.45, 7) is 0.952. The number of likely N-dealkylation sites (tertiary alicyclic amines) is 1. The van der Waals surface area contributed by atoms with Gasteiger partial charge in [-0.05, 0) is 42.3 Å². The maximum absolute atomic E-state index is 12.7. The van der Waals surface area contributed by atoms with Crippen LogP contribution in [0.15, 0.2) is 54.7 Å². The zero-order valence-corrected chi connectivity index (χ0v) is 16.7. The molecule has 3 aromatic rings. The number of nitrogens with one attached hydrogen (secondary N) is 1. The molecule has 1 saturated heterocycles. The Morgan fingerprint density at radius 2 is 2.03 bits per heavy atom. The first-order chi connectivity index (χ1) is 14.5. The summed E-state index contributed by atoms with van der Waals surface area (Å²) in [4.78, 5) is 31.1. The molecule has 2 aromatic carbocycles. The number of amides is 2. The molecule has 4 rings (SSSR count). The quantitative estimate of drug-likeness (QED) is 0.658. The molecular weight excluding hydrogens is 382 g/mol. The summed E-state index contributed by atoms with van der Waals surface area (Å²) >= 11 is 0. The molecule has 0 bridgehead atoms. The van der Waals surface area contributed by atoms with Gasteiger partial charge in [-0.2, -0.15) is 0 Å². The molecule has 2 heterocycles. The fourth-order valence-electron chi connectivity index (χ4n) is 3.63. The fourth-order valence-corrected chi connectivity index (χ4v) is 3.63. The van der Waals surface area contributed by atoms with Crippen molar-refractivity contribution in [1.82, 2.24) is 9.88 Å². The monoisotopic (exact) mass is 405 g/mol. The van der Waals surface area contributed by atoms with Gasteiger partial charge in [-0.25, -0.2) is 0 Å². The minimum absolute atomic E-state index is 0.0161. The first-order valence-electron chi connectivity index (χ1n) is 9.82. The van der Waals surface area contributed by atoms with Crippen molar-refractivity contribution in [3.63, 3.8) is 0 Å². The third-order valence-corrected chi connectivity index (χ3v) is 5.35. The molecule has 0 saturated carbocycles. The van der Waals surface area contributed by atoms with Crippen molar-refractivity contribution in [2.45, 2.75) is 12.8 Å². The van der Waals surface area contributed by atoms with Crippen LogP contribution in [0.4, 0.5) is 5.69 Å². The molecule has 1 unspecified atom stereocenters. The normalized spacial score (nSPS) is 16.1. The second-order valence-electron chi connectivity index (χ2n) is 7.43. The van der Waals surface area contributed by atoms with Crippen LogP contribution in [0.1, 0.15) is 12.0 Å². The van der Waals surface area contributed by atoms with Crippen molar-refractivity contribution in [2.75, 3.05) is 25.5 Å². The minimum Gasteiger partial charge on any atom is -0.508 e. The number of benzene rings is 2. The Hall–Kier alpha value is -3.61. The van der Waals surface area contributed by atoms with Crippen molar-refractivity contribution in [2.24, 2.45) is 5.92 Å². The molecule has 1 aliphatic rings. The number of carbonyl (C=O) groups excluding carboxylic acids is 2. The van der Waals surface area contributed by atoms with Gasteiger partial charge in [-0.15, -0.1) is 0 Å². The van der Waals surface area contributed by atoms with Gasteiger partial charge in [0.25, 0.3) is 0 Å². The number of fused-ring (bicyclic) bond motifs is 1. The van der Waals surface area contributed by atoms with E-state index >= 15 is 0 Å². The van der Waals surface area contributed by atoms with Gasteiger partial charge < -0.3 is 20.1 Å². The Balaban J connectivity index is 1.36. The van der Waals surface area contributed by atoms with Gasteiger partial charge in [0.05, 0.1) is 30.4 Å². The topological polar surface area (TPSA) is 91.8 Å². The average Bonchev–Trinajstić information content (AvgIpc) is 3.13. The van der Waals surface area contributed by atoms with Crippen molar-refractivity contribution in [1.29, 1.82) is 0 Å². The lowest BCUT2D eigenvalue weighted by molar-refractivity contribution is -0.128. The van der Waals surface area contributed by atoms with Crippen LogP contribution in [-0.2, 0) is 16.0 Å².